The Hall–Kier alpha value is -2.44. The standard InChI is InChI=1S/C18H20FNO2.C5H10O2/c1-13-12-14(19)6-7-16(13)22-17-5-3-2-4-15(17)18(21)8-10-20-11-9-18;1-5(2,3)7-4-6/h2-7,12,20-21H,8-11H2,1H3;4H,1-3H3. The number of carbonyl (C=O) groups is 1. The summed E-state index contributed by atoms with van der Waals surface area (Å²) in [6, 6.07) is 12.0. The minimum Gasteiger partial charge on any atom is -0.462 e. The van der Waals surface area contributed by atoms with Crippen LogP contribution in [0.4, 0.5) is 4.39 Å². The zero-order chi connectivity index (χ0) is 21.5. The number of ether oxygens (including phenoxy) is 2. The molecule has 0 bridgehead atoms. The molecule has 0 saturated carbocycles. The van der Waals surface area contributed by atoms with Crippen LogP contribution in [0.1, 0.15) is 44.7 Å². The highest BCUT2D eigenvalue weighted by atomic mass is 19.1. The first kappa shape index (κ1) is 22.8. The van der Waals surface area contributed by atoms with Gasteiger partial charge in [-0.15, -0.1) is 0 Å². The van der Waals surface area contributed by atoms with Gasteiger partial charge in [0.05, 0.1) is 5.60 Å². The van der Waals surface area contributed by atoms with Crippen LogP contribution in [0.15, 0.2) is 42.5 Å². The van der Waals surface area contributed by atoms with Gasteiger partial charge in [-0.3, -0.25) is 4.79 Å². The molecule has 2 N–H and O–H groups in total. The molecule has 0 unspecified atom stereocenters. The third kappa shape index (κ3) is 6.84. The average molecular weight is 403 g/mol. The lowest BCUT2D eigenvalue weighted by molar-refractivity contribution is -0.138. The quantitative estimate of drug-likeness (QED) is 0.738. The van der Waals surface area contributed by atoms with Crippen LogP contribution in [0.25, 0.3) is 0 Å². The van der Waals surface area contributed by atoms with Crippen LogP contribution in [0.3, 0.4) is 0 Å². The van der Waals surface area contributed by atoms with Gasteiger partial charge < -0.3 is 19.9 Å². The van der Waals surface area contributed by atoms with Gasteiger partial charge in [-0.2, -0.15) is 0 Å². The SMILES string of the molecule is CC(C)(C)OC=O.Cc1cc(F)ccc1Oc1ccccc1C1(O)CCNCC1. The predicted octanol–water partition coefficient (Wildman–Crippen LogP) is 4.46. The average Bonchev–Trinajstić information content (AvgIpc) is 2.64. The third-order valence-corrected chi connectivity index (χ3v) is 4.58. The second-order valence-corrected chi connectivity index (χ2v) is 8.12. The summed E-state index contributed by atoms with van der Waals surface area (Å²) in [5.74, 6) is 0.947. The zero-order valence-corrected chi connectivity index (χ0v) is 17.5. The summed E-state index contributed by atoms with van der Waals surface area (Å²) in [4.78, 5) is 9.60. The van der Waals surface area contributed by atoms with E-state index < -0.39 is 5.60 Å². The van der Waals surface area contributed by atoms with E-state index in [1.165, 1.54) is 12.1 Å². The van der Waals surface area contributed by atoms with Crippen molar-refractivity contribution in [3.8, 4) is 11.5 Å². The Morgan fingerprint density at radius 1 is 1.10 bits per heavy atom. The lowest BCUT2D eigenvalue weighted by Crippen LogP contribution is -2.39. The van der Waals surface area contributed by atoms with E-state index in [1.807, 2.05) is 45.0 Å². The lowest BCUT2D eigenvalue weighted by atomic mass is 9.84. The molecule has 1 fully saturated rings. The molecule has 0 radical (unpaired) electrons. The van der Waals surface area contributed by atoms with Crippen molar-refractivity contribution in [2.24, 2.45) is 0 Å². The molecule has 0 spiro atoms. The Bertz CT molecular complexity index is 811. The van der Waals surface area contributed by atoms with E-state index in [0.29, 0.717) is 30.8 Å². The van der Waals surface area contributed by atoms with Crippen molar-refractivity contribution in [3.63, 3.8) is 0 Å². The number of halogens is 1. The number of aryl methyl sites for hydroxylation is 1. The molecule has 0 amide bonds. The maximum absolute atomic E-state index is 13.2. The summed E-state index contributed by atoms with van der Waals surface area (Å²) in [6.07, 6.45) is 1.30. The van der Waals surface area contributed by atoms with E-state index in [4.69, 9.17) is 4.74 Å². The van der Waals surface area contributed by atoms with E-state index in [9.17, 15) is 14.3 Å². The Morgan fingerprint density at radius 2 is 1.76 bits per heavy atom. The molecule has 2 aromatic carbocycles. The van der Waals surface area contributed by atoms with Gasteiger partial charge in [-0.1, -0.05) is 18.2 Å². The number of piperidine rings is 1. The highest BCUT2D eigenvalue weighted by molar-refractivity contribution is 5.43. The predicted molar refractivity (Wildman–Crippen MR) is 111 cm³/mol. The van der Waals surface area contributed by atoms with Crippen LogP contribution in [-0.4, -0.2) is 30.3 Å². The monoisotopic (exact) mass is 403 g/mol. The molecule has 158 valence electrons. The first-order valence-electron chi connectivity index (χ1n) is 9.73. The molecule has 0 aromatic heterocycles. The summed E-state index contributed by atoms with van der Waals surface area (Å²) >= 11 is 0. The third-order valence-electron chi connectivity index (χ3n) is 4.58. The summed E-state index contributed by atoms with van der Waals surface area (Å²) in [5.41, 5.74) is 0.324. The summed E-state index contributed by atoms with van der Waals surface area (Å²) < 4.78 is 23.7. The molecule has 5 nitrogen and oxygen atoms in total. The number of hydrogen-bond donors (Lipinski definition) is 2. The zero-order valence-electron chi connectivity index (χ0n) is 17.5. The number of nitrogens with one attached hydrogen (secondary N) is 1. The molecule has 1 saturated heterocycles. The van der Waals surface area contributed by atoms with E-state index >= 15 is 0 Å². The van der Waals surface area contributed by atoms with Crippen LogP contribution >= 0.6 is 0 Å². The van der Waals surface area contributed by atoms with Crippen molar-refractivity contribution in [1.82, 2.24) is 5.32 Å². The fourth-order valence-electron chi connectivity index (χ4n) is 3.04. The fraction of sp³-hybridized carbons (Fsp3) is 0.435. The summed E-state index contributed by atoms with van der Waals surface area (Å²) in [7, 11) is 0. The van der Waals surface area contributed by atoms with E-state index in [0.717, 1.165) is 24.2 Å². The minimum atomic E-state index is -0.879. The fourth-order valence-corrected chi connectivity index (χ4v) is 3.04. The maximum atomic E-state index is 13.2. The molecule has 0 aliphatic carbocycles. The van der Waals surface area contributed by atoms with Gasteiger partial charge in [0.1, 0.15) is 22.9 Å². The molecule has 1 aliphatic rings. The normalized spacial score (nSPS) is 15.7. The van der Waals surface area contributed by atoms with E-state index in [2.05, 4.69) is 10.1 Å². The number of hydrogen-bond acceptors (Lipinski definition) is 5. The minimum absolute atomic E-state index is 0.282. The first-order valence-corrected chi connectivity index (χ1v) is 9.73. The summed E-state index contributed by atoms with van der Waals surface area (Å²) in [6.45, 7) is 9.28. The number of rotatable bonds is 4. The van der Waals surface area contributed by atoms with E-state index in [-0.39, 0.29) is 11.4 Å². The highest BCUT2D eigenvalue weighted by Crippen LogP contribution is 2.38. The molecule has 3 rings (SSSR count). The molecule has 2 aromatic rings. The van der Waals surface area contributed by atoms with Crippen molar-refractivity contribution in [3.05, 3.63) is 59.4 Å². The Balaban J connectivity index is 0.000000370. The van der Waals surface area contributed by atoms with Gasteiger partial charge in [0.15, 0.2) is 0 Å². The molecule has 1 heterocycles. The first-order chi connectivity index (χ1) is 13.6. The molecule has 0 atom stereocenters. The molecular weight excluding hydrogens is 373 g/mol. The second kappa shape index (κ2) is 9.85. The van der Waals surface area contributed by atoms with Crippen LogP contribution in [0, 0.1) is 12.7 Å². The molecular formula is C23H30FNO4. The molecule has 6 heteroatoms. The summed E-state index contributed by atoms with van der Waals surface area (Å²) in [5, 5.41) is 14.2. The van der Waals surface area contributed by atoms with Gasteiger partial charge in [0.2, 0.25) is 0 Å². The number of carbonyl (C=O) groups excluding carboxylic acids is 1. The van der Waals surface area contributed by atoms with Gasteiger partial charge in [-0.05, 0) is 83.5 Å². The Morgan fingerprint density at radius 3 is 2.31 bits per heavy atom. The Labute approximate surface area is 171 Å². The van der Waals surface area contributed by atoms with Crippen LogP contribution in [0.2, 0.25) is 0 Å². The van der Waals surface area contributed by atoms with Crippen molar-refractivity contribution < 1.29 is 23.8 Å². The van der Waals surface area contributed by atoms with Crippen molar-refractivity contribution in [2.75, 3.05) is 13.1 Å². The van der Waals surface area contributed by atoms with Crippen molar-refractivity contribution in [2.45, 2.75) is 51.7 Å². The second-order valence-electron chi connectivity index (χ2n) is 8.12. The number of para-hydroxylation sites is 1. The van der Waals surface area contributed by atoms with E-state index in [1.54, 1.807) is 13.0 Å². The smallest absolute Gasteiger partial charge is 0.293 e. The van der Waals surface area contributed by atoms with Crippen LogP contribution < -0.4 is 10.1 Å². The number of benzene rings is 2. The van der Waals surface area contributed by atoms with Gasteiger partial charge >= 0.3 is 0 Å². The van der Waals surface area contributed by atoms with Crippen LogP contribution in [-0.2, 0) is 15.1 Å². The van der Waals surface area contributed by atoms with Crippen molar-refractivity contribution >= 4 is 6.47 Å². The highest BCUT2D eigenvalue weighted by Gasteiger charge is 2.33. The topological polar surface area (TPSA) is 67.8 Å². The van der Waals surface area contributed by atoms with Gasteiger partial charge in [0.25, 0.3) is 6.47 Å². The molecule has 29 heavy (non-hydrogen) atoms. The Kier molecular flexibility index (Phi) is 7.76. The van der Waals surface area contributed by atoms with Crippen LogP contribution in [0.5, 0.6) is 11.5 Å². The van der Waals surface area contributed by atoms with Crippen molar-refractivity contribution in [1.29, 1.82) is 0 Å². The lowest BCUT2D eigenvalue weighted by Gasteiger charge is -2.34. The van der Waals surface area contributed by atoms with Gasteiger partial charge in [-0.25, -0.2) is 4.39 Å². The molecule has 1 aliphatic heterocycles. The largest absolute Gasteiger partial charge is 0.462 e. The maximum Gasteiger partial charge on any atom is 0.293 e. The van der Waals surface area contributed by atoms with Gasteiger partial charge in [0, 0.05) is 5.56 Å². The number of aliphatic hydroxyl groups is 1.